The van der Waals surface area contributed by atoms with E-state index in [-0.39, 0.29) is 18.4 Å². The van der Waals surface area contributed by atoms with Crippen molar-refractivity contribution in [3.05, 3.63) is 35.4 Å². The number of amides is 1. The number of rotatable bonds is 6. The van der Waals surface area contributed by atoms with E-state index < -0.39 is 29.0 Å². The zero-order valence-electron chi connectivity index (χ0n) is 11.4. The first-order chi connectivity index (χ1) is 9.25. The van der Waals surface area contributed by atoms with E-state index in [4.69, 9.17) is 5.11 Å². The van der Waals surface area contributed by atoms with Crippen LogP contribution in [0.2, 0.25) is 0 Å². The molecule has 0 aliphatic heterocycles. The van der Waals surface area contributed by atoms with Crippen LogP contribution in [0.4, 0.5) is 8.78 Å². The number of hydrogen-bond donors (Lipinski definition) is 2. The summed E-state index contributed by atoms with van der Waals surface area (Å²) in [6, 6.07) is 2.88. The number of carbonyl (C=O) groups excluding carboxylic acids is 1. The lowest BCUT2D eigenvalue weighted by Gasteiger charge is -2.28. The van der Waals surface area contributed by atoms with Crippen molar-refractivity contribution in [3.63, 3.8) is 0 Å². The molecule has 0 radical (unpaired) electrons. The average Bonchev–Trinajstić information content (AvgIpc) is 2.32. The van der Waals surface area contributed by atoms with E-state index in [0.29, 0.717) is 6.42 Å². The number of aliphatic carboxylic acids is 1. The van der Waals surface area contributed by atoms with Crippen LogP contribution < -0.4 is 5.32 Å². The number of hydrogen-bond acceptors (Lipinski definition) is 2. The van der Waals surface area contributed by atoms with Crippen LogP contribution in [0.25, 0.3) is 0 Å². The van der Waals surface area contributed by atoms with Gasteiger partial charge < -0.3 is 10.4 Å². The maximum atomic E-state index is 13.4. The molecule has 2 N–H and O–H groups in total. The maximum absolute atomic E-state index is 13.4. The summed E-state index contributed by atoms with van der Waals surface area (Å²) in [7, 11) is 0. The smallest absolute Gasteiger partial charge is 0.305 e. The maximum Gasteiger partial charge on any atom is 0.305 e. The lowest BCUT2D eigenvalue weighted by atomic mass is 9.94. The van der Waals surface area contributed by atoms with Crippen molar-refractivity contribution in [2.45, 2.75) is 38.6 Å². The van der Waals surface area contributed by atoms with Gasteiger partial charge in [0.2, 0.25) is 5.91 Å². The van der Waals surface area contributed by atoms with E-state index in [0.717, 1.165) is 18.2 Å². The molecule has 0 aliphatic rings. The van der Waals surface area contributed by atoms with Crippen LogP contribution in [0.3, 0.4) is 0 Å². The van der Waals surface area contributed by atoms with Gasteiger partial charge in [-0.25, -0.2) is 8.78 Å². The zero-order valence-corrected chi connectivity index (χ0v) is 11.4. The Morgan fingerprint density at radius 2 is 2.00 bits per heavy atom. The molecule has 0 aromatic heterocycles. The van der Waals surface area contributed by atoms with Crippen molar-refractivity contribution in [2.75, 3.05) is 0 Å². The van der Waals surface area contributed by atoms with Crippen LogP contribution in [0.1, 0.15) is 32.3 Å². The molecule has 1 amide bonds. The minimum atomic E-state index is -1.04. The summed E-state index contributed by atoms with van der Waals surface area (Å²) >= 11 is 0. The summed E-state index contributed by atoms with van der Waals surface area (Å²) in [5.41, 5.74) is -0.969. The van der Waals surface area contributed by atoms with Gasteiger partial charge in [-0.1, -0.05) is 6.92 Å². The van der Waals surface area contributed by atoms with Crippen molar-refractivity contribution in [2.24, 2.45) is 0 Å². The number of carbonyl (C=O) groups is 2. The van der Waals surface area contributed by atoms with Gasteiger partial charge in [0.1, 0.15) is 11.6 Å². The first kappa shape index (κ1) is 16.1. The molecule has 6 heteroatoms. The second kappa shape index (κ2) is 6.45. The predicted octanol–water partition coefficient (Wildman–Crippen LogP) is 2.27. The van der Waals surface area contributed by atoms with Gasteiger partial charge in [-0.15, -0.1) is 0 Å². The Balaban J connectivity index is 2.76. The molecule has 0 bridgehead atoms. The van der Waals surface area contributed by atoms with E-state index in [1.165, 1.54) is 0 Å². The minimum Gasteiger partial charge on any atom is -0.481 e. The molecule has 1 aromatic rings. The molecule has 0 spiro atoms. The van der Waals surface area contributed by atoms with Gasteiger partial charge in [-0.2, -0.15) is 0 Å². The highest BCUT2D eigenvalue weighted by molar-refractivity contribution is 5.80. The first-order valence-corrected chi connectivity index (χ1v) is 6.22. The molecule has 1 rings (SSSR count). The number of carboxylic acids is 1. The van der Waals surface area contributed by atoms with E-state index in [1.54, 1.807) is 13.8 Å². The number of nitrogens with one attached hydrogen (secondary N) is 1. The predicted molar refractivity (Wildman–Crippen MR) is 69.2 cm³/mol. The Bertz CT molecular complexity index is 519. The van der Waals surface area contributed by atoms with Crippen molar-refractivity contribution in [1.29, 1.82) is 0 Å². The molecular weight excluding hydrogens is 268 g/mol. The third kappa shape index (κ3) is 4.60. The fraction of sp³-hybridized carbons (Fsp3) is 0.429. The zero-order chi connectivity index (χ0) is 15.3. The van der Waals surface area contributed by atoms with Crippen LogP contribution in [0.15, 0.2) is 18.2 Å². The van der Waals surface area contributed by atoms with E-state index >= 15 is 0 Å². The Morgan fingerprint density at radius 3 is 2.55 bits per heavy atom. The Labute approximate surface area is 115 Å². The third-order valence-corrected chi connectivity index (χ3v) is 3.12. The molecule has 1 atom stereocenters. The van der Waals surface area contributed by atoms with Gasteiger partial charge in [-0.3, -0.25) is 9.59 Å². The Morgan fingerprint density at radius 1 is 1.35 bits per heavy atom. The van der Waals surface area contributed by atoms with Crippen LogP contribution in [0.5, 0.6) is 0 Å². The van der Waals surface area contributed by atoms with Gasteiger partial charge in [0.25, 0.3) is 0 Å². The third-order valence-electron chi connectivity index (χ3n) is 3.12. The number of benzene rings is 1. The highest BCUT2D eigenvalue weighted by Crippen LogP contribution is 2.16. The van der Waals surface area contributed by atoms with E-state index in [9.17, 15) is 18.4 Å². The van der Waals surface area contributed by atoms with Gasteiger partial charge in [0.15, 0.2) is 0 Å². The summed E-state index contributed by atoms with van der Waals surface area (Å²) in [5, 5.41) is 11.4. The standard InChI is InChI=1S/C14H17F2NO3/c1-3-14(2,8-13(19)20)17-12(18)7-9-6-10(15)4-5-11(9)16/h4-6H,3,7-8H2,1-2H3,(H,17,18)(H,19,20). The Hall–Kier alpha value is -1.98. The average molecular weight is 285 g/mol. The fourth-order valence-electron chi connectivity index (χ4n) is 1.82. The first-order valence-electron chi connectivity index (χ1n) is 6.22. The highest BCUT2D eigenvalue weighted by Gasteiger charge is 2.27. The topological polar surface area (TPSA) is 66.4 Å². The molecule has 0 fully saturated rings. The van der Waals surface area contributed by atoms with Crippen molar-refractivity contribution in [3.8, 4) is 0 Å². The lowest BCUT2D eigenvalue weighted by Crippen LogP contribution is -2.47. The van der Waals surface area contributed by atoms with Crippen LogP contribution in [-0.4, -0.2) is 22.5 Å². The van der Waals surface area contributed by atoms with Crippen molar-refractivity contribution in [1.82, 2.24) is 5.32 Å². The van der Waals surface area contributed by atoms with Crippen molar-refractivity contribution >= 4 is 11.9 Å². The second-order valence-corrected chi connectivity index (χ2v) is 4.95. The molecule has 0 saturated carbocycles. The van der Waals surface area contributed by atoms with Gasteiger partial charge in [0.05, 0.1) is 12.8 Å². The van der Waals surface area contributed by atoms with Gasteiger partial charge in [0, 0.05) is 11.1 Å². The molecule has 1 unspecified atom stereocenters. The molecule has 0 aliphatic carbocycles. The Kier molecular flexibility index (Phi) is 5.19. The van der Waals surface area contributed by atoms with Crippen LogP contribution >= 0.6 is 0 Å². The molecule has 20 heavy (non-hydrogen) atoms. The highest BCUT2D eigenvalue weighted by atomic mass is 19.1. The summed E-state index contributed by atoms with van der Waals surface area (Å²) in [6.07, 6.45) is -0.156. The minimum absolute atomic E-state index is 0.0590. The largest absolute Gasteiger partial charge is 0.481 e. The fourth-order valence-corrected chi connectivity index (χ4v) is 1.82. The molecule has 1 aromatic carbocycles. The molecule has 4 nitrogen and oxygen atoms in total. The molecule has 110 valence electrons. The molecule has 0 heterocycles. The normalized spacial score (nSPS) is 13.6. The second-order valence-electron chi connectivity index (χ2n) is 4.95. The van der Waals surface area contributed by atoms with Crippen LogP contribution in [-0.2, 0) is 16.0 Å². The quantitative estimate of drug-likeness (QED) is 0.842. The lowest BCUT2D eigenvalue weighted by molar-refractivity contribution is -0.139. The summed E-state index contributed by atoms with van der Waals surface area (Å²) in [4.78, 5) is 22.6. The van der Waals surface area contributed by atoms with E-state index in [1.807, 2.05) is 0 Å². The summed E-state index contributed by atoms with van der Waals surface area (Å²) < 4.78 is 26.4. The molecule has 0 saturated heterocycles. The van der Waals surface area contributed by atoms with Crippen molar-refractivity contribution < 1.29 is 23.5 Å². The number of carboxylic acid groups (broad SMARTS) is 1. The number of halogens is 2. The SMILES string of the molecule is CCC(C)(CC(=O)O)NC(=O)Cc1cc(F)ccc1F. The molecular formula is C14H17F2NO3. The van der Waals surface area contributed by atoms with Crippen LogP contribution in [0, 0.1) is 11.6 Å². The van der Waals surface area contributed by atoms with E-state index in [2.05, 4.69) is 5.32 Å². The summed E-state index contributed by atoms with van der Waals surface area (Å²) in [5.74, 6) is -2.87. The monoisotopic (exact) mass is 285 g/mol. The van der Waals surface area contributed by atoms with Gasteiger partial charge in [-0.05, 0) is 31.5 Å². The summed E-state index contributed by atoms with van der Waals surface area (Å²) in [6.45, 7) is 3.34. The van der Waals surface area contributed by atoms with Gasteiger partial charge >= 0.3 is 5.97 Å².